The van der Waals surface area contributed by atoms with Crippen molar-refractivity contribution in [3.63, 3.8) is 0 Å². The molecule has 0 radical (unpaired) electrons. The molecule has 2 aromatic heterocycles. The number of aromatic nitrogens is 4. The summed E-state index contributed by atoms with van der Waals surface area (Å²) in [5, 5.41) is 12.8. The summed E-state index contributed by atoms with van der Waals surface area (Å²) in [5.41, 5.74) is 2.82. The van der Waals surface area contributed by atoms with Gasteiger partial charge < -0.3 is 10.2 Å². The molecule has 1 N–H and O–H groups in total. The lowest BCUT2D eigenvalue weighted by Crippen LogP contribution is -2.34. The van der Waals surface area contributed by atoms with Crippen LogP contribution in [0.1, 0.15) is 22.6 Å². The van der Waals surface area contributed by atoms with Crippen molar-refractivity contribution in [2.24, 2.45) is 0 Å². The number of benzene rings is 1. The number of halogens is 2. The number of fused-ring (bicyclic) bond motifs is 1. The van der Waals surface area contributed by atoms with E-state index in [9.17, 15) is 4.79 Å². The number of hydrogen-bond donors (Lipinski definition) is 1. The maximum atomic E-state index is 12.8. The van der Waals surface area contributed by atoms with Gasteiger partial charge in [-0.05, 0) is 32.0 Å². The summed E-state index contributed by atoms with van der Waals surface area (Å²) >= 11 is 0. The molecule has 1 amide bonds. The summed E-state index contributed by atoms with van der Waals surface area (Å²) in [5.74, 6) is -0.0550. The summed E-state index contributed by atoms with van der Waals surface area (Å²) in [6.07, 6.45) is 2.71. The molecule has 1 aromatic carbocycles. The Morgan fingerprint density at radius 3 is 2.78 bits per heavy atom. The van der Waals surface area contributed by atoms with Gasteiger partial charge in [-0.1, -0.05) is 23.4 Å². The number of amides is 1. The van der Waals surface area contributed by atoms with E-state index in [4.69, 9.17) is 0 Å². The van der Waals surface area contributed by atoms with Crippen LogP contribution in [0.4, 0.5) is 0 Å². The van der Waals surface area contributed by atoms with Gasteiger partial charge in [-0.15, -0.1) is 29.9 Å². The Labute approximate surface area is 170 Å². The monoisotopic (exact) mass is 408 g/mol. The Morgan fingerprint density at radius 1 is 1.11 bits per heavy atom. The lowest BCUT2D eigenvalue weighted by atomic mass is 10.2. The van der Waals surface area contributed by atoms with Crippen LogP contribution in [0, 0.1) is 6.92 Å². The van der Waals surface area contributed by atoms with Crippen LogP contribution in [-0.4, -0.2) is 57.0 Å². The minimum atomic E-state index is -0.0550. The second kappa shape index (κ2) is 9.12. The van der Waals surface area contributed by atoms with Crippen LogP contribution in [0.5, 0.6) is 0 Å². The number of nitrogens with zero attached hydrogens (tertiary/aromatic N) is 5. The third kappa shape index (κ3) is 4.05. The Hall–Kier alpha value is -2.22. The quantitative estimate of drug-likeness (QED) is 0.704. The average molecular weight is 409 g/mol. The minimum Gasteiger partial charge on any atom is -0.336 e. The molecule has 1 saturated heterocycles. The second-order valence-electron chi connectivity index (χ2n) is 6.18. The molecule has 0 unspecified atom stereocenters. The molecule has 1 aliphatic rings. The SMILES string of the molecule is Cc1c(C(=O)N2CCCNCC2)nnn1-c1cccc2cccnc12.Cl.Cl. The standard InChI is InChI=1S/C18H20N6O.2ClH/c1-13-16(18(25)23-11-4-8-19-10-12-23)21-22-24(13)15-7-2-5-14-6-3-9-20-17(14)15;;/h2-3,5-7,9,19H,4,8,10-12H2,1H3;2*1H. The zero-order valence-corrected chi connectivity index (χ0v) is 16.6. The van der Waals surface area contributed by atoms with Crippen LogP contribution in [0.15, 0.2) is 36.5 Å². The van der Waals surface area contributed by atoms with Crippen LogP contribution in [0.3, 0.4) is 0 Å². The first kappa shape index (κ1) is 21.1. The highest BCUT2D eigenvalue weighted by Crippen LogP contribution is 2.21. The van der Waals surface area contributed by atoms with Gasteiger partial charge in [0.2, 0.25) is 0 Å². The Kier molecular flexibility index (Phi) is 7.12. The van der Waals surface area contributed by atoms with E-state index in [0.29, 0.717) is 12.2 Å². The number of carbonyl (C=O) groups is 1. The van der Waals surface area contributed by atoms with Gasteiger partial charge in [0.1, 0.15) is 0 Å². The number of hydrogen-bond acceptors (Lipinski definition) is 5. The van der Waals surface area contributed by atoms with E-state index in [1.165, 1.54) is 0 Å². The third-order valence-corrected chi connectivity index (χ3v) is 4.56. The van der Waals surface area contributed by atoms with Gasteiger partial charge in [0.05, 0.1) is 16.9 Å². The van der Waals surface area contributed by atoms with Gasteiger partial charge in [-0.25, -0.2) is 4.68 Å². The molecule has 0 spiro atoms. The molecule has 4 rings (SSSR count). The molecule has 9 heteroatoms. The zero-order chi connectivity index (χ0) is 17.2. The molecule has 3 heterocycles. The van der Waals surface area contributed by atoms with Crippen molar-refractivity contribution in [3.8, 4) is 5.69 Å². The first-order valence-electron chi connectivity index (χ1n) is 8.52. The predicted octanol–water partition coefficient (Wildman–Crippen LogP) is 2.40. The molecule has 144 valence electrons. The summed E-state index contributed by atoms with van der Waals surface area (Å²) in [6, 6.07) is 9.83. The van der Waals surface area contributed by atoms with Gasteiger partial charge in [-0.2, -0.15) is 0 Å². The number of rotatable bonds is 2. The lowest BCUT2D eigenvalue weighted by molar-refractivity contribution is 0.0759. The first-order valence-corrected chi connectivity index (χ1v) is 8.52. The molecule has 0 atom stereocenters. The molecular formula is C18H22Cl2N6O. The molecule has 27 heavy (non-hydrogen) atoms. The number of carbonyl (C=O) groups excluding carboxylic acids is 1. The van der Waals surface area contributed by atoms with E-state index >= 15 is 0 Å². The van der Waals surface area contributed by atoms with Gasteiger partial charge in [-0.3, -0.25) is 9.78 Å². The molecule has 3 aromatic rings. The Morgan fingerprint density at radius 2 is 1.93 bits per heavy atom. The van der Waals surface area contributed by atoms with Crippen LogP contribution in [-0.2, 0) is 0 Å². The molecule has 0 saturated carbocycles. The van der Waals surface area contributed by atoms with Gasteiger partial charge in [0, 0.05) is 31.2 Å². The smallest absolute Gasteiger partial charge is 0.276 e. The van der Waals surface area contributed by atoms with E-state index in [2.05, 4.69) is 20.6 Å². The van der Waals surface area contributed by atoms with Gasteiger partial charge in [0.25, 0.3) is 5.91 Å². The minimum absolute atomic E-state index is 0. The van der Waals surface area contributed by atoms with Crippen LogP contribution >= 0.6 is 24.8 Å². The zero-order valence-electron chi connectivity index (χ0n) is 15.0. The third-order valence-electron chi connectivity index (χ3n) is 4.56. The summed E-state index contributed by atoms with van der Waals surface area (Å²) < 4.78 is 1.71. The van der Waals surface area contributed by atoms with E-state index in [1.807, 2.05) is 42.2 Å². The normalized spacial score (nSPS) is 14.2. The number of para-hydroxylation sites is 1. The maximum Gasteiger partial charge on any atom is 0.276 e. The largest absolute Gasteiger partial charge is 0.336 e. The fraction of sp³-hybridized carbons (Fsp3) is 0.333. The van der Waals surface area contributed by atoms with E-state index < -0.39 is 0 Å². The fourth-order valence-corrected chi connectivity index (χ4v) is 3.21. The van der Waals surface area contributed by atoms with Crippen LogP contribution < -0.4 is 5.32 Å². The lowest BCUT2D eigenvalue weighted by Gasteiger charge is -2.18. The number of pyridine rings is 1. The van der Waals surface area contributed by atoms with Crippen molar-refractivity contribution in [2.45, 2.75) is 13.3 Å². The average Bonchev–Trinajstić information content (AvgIpc) is 2.85. The predicted molar refractivity (Wildman–Crippen MR) is 109 cm³/mol. The number of nitrogens with one attached hydrogen (secondary N) is 1. The fourth-order valence-electron chi connectivity index (χ4n) is 3.21. The molecule has 1 aliphatic heterocycles. The maximum absolute atomic E-state index is 12.8. The van der Waals surface area contributed by atoms with Crippen LogP contribution in [0.25, 0.3) is 16.6 Å². The molecule has 7 nitrogen and oxygen atoms in total. The van der Waals surface area contributed by atoms with Crippen molar-refractivity contribution in [1.29, 1.82) is 0 Å². The van der Waals surface area contributed by atoms with Crippen molar-refractivity contribution >= 4 is 41.6 Å². The summed E-state index contributed by atoms with van der Waals surface area (Å²) in [6.45, 7) is 5.07. The highest BCUT2D eigenvalue weighted by atomic mass is 35.5. The Bertz CT molecular complexity index is 916. The topological polar surface area (TPSA) is 75.9 Å². The van der Waals surface area contributed by atoms with Crippen molar-refractivity contribution in [2.75, 3.05) is 26.2 Å². The van der Waals surface area contributed by atoms with Crippen molar-refractivity contribution in [1.82, 2.24) is 30.2 Å². The highest BCUT2D eigenvalue weighted by molar-refractivity contribution is 5.94. The van der Waals surface area contributed by atoms with E-state index in [0.717, 1.165) is 48.3 Å². The van der Waals surface area contributed by atoms with Gasteiger partial charge >= 0.3 is 0 Å². The highest BCUT2D eigenvalue weighted by Gasteiger charge is 2.24. The molecule has 1 fully saturated rings. The molecule has 0 aliphatic carbocycles. The Balaban J connectivity index is 0.00000131. The van der Waals surface area contributed by atoms with Crippen molar-refractivity contribution < 1.29 is 4.79 Å². The molecule has 0 bridgehead atoms. The van der Waals surface area contributed by atoms with E-state index in [-0.39, 0.29) is 30.7 Å². The van der Waals surface area contributed by atoms with Crippen LogP contribution in [0.2, 0.25) is 0 Å². The van der Waals surface area contributed by atoms with Crippen molar-refractivity contribution in [3.05, 3.63) is 47.9 Å². The summed E-state index contributed by atoms with van der Waals surface area (Å²) in [7, 11) is 0. The first-order chi connectivity index (χ1) is 12.3. The summed E-state index contributed by atoms with van der Waals surface area (Å²) in [4.78, 5) is 19.2. The van der Waals surface area contributed by atoms with Gasteiger partial charge in [0.15, 0.2) is 5.69 Å². The van der Waals surface area contributed by atoms with E-state index in [1.54, 1.807) is 10.9 Å². The second-order valence-corrected chi connectivity index (χ2v) is 6.18. The molecular weight excluding hydrogens is 387 g/mol.